The summed E-state index contributed by atoms with van der Waals surface area (Å²) < 4.78 is 5.85. The molecule has 2 fully saturated rings. The molecule has 4 nitrogen and oxygen atoms in total. The van der Waals surface area contributed by atoms with Gasteiger partial charge in [-0.3, -0.25) is 4.98 Å². The third-order valence-electron chi connectivity index (χ3n) is 4.67. The van der Waals surface area contributed by atoms with Crippen LogP contribution in [0.2, 0.25) is 0 Å². The molecular formula is C18H21N3OS2. The predicted molar refractivity (Wildman–Crippen MR) is 100 cm³/mol. The Morgan fingerprint density at radius 1 is 1.38 bits per heavy atom. The van der Waals surface area contributed by atoms with Crippen LogP contribution in [0.3, 0.4) is 0 Å². The number of thiocarbonyl (C=S) groups is 1. The Kier molecular flexibility index (Phi) is 4.52. The summed E-state index contributed by atoms with van der Waals surface area (Å²) in [6.45, 7) is 3.86. The molecule has 2 aliphatic heterocycles. The predicted octanol–water partition coefficient (Wildman–Crippen LogP) is 3.60. The standard InChI is InChI=1S/C18H21N3OS2/c1-12-7-8-15(24-12)17-16(14-6-2-3-9-19-14)20-18(23)21(17)11-13-5-4-10-22-13/h2-3,6-9,13,16-17H,4-5,10-11H2,1H3,(H,20,23)/t13-,16+,17+/m0/s1. The zero-order chi connectivity index (χ0) is 16.5. The first kappa shape index (κ1) is 16.0. The second kappa shape index (κ2) is 6.78. The van der Waals surface area contributed by atoms with Crippen LogP contribution in [-0.4, -0.2) is 34.3 Å². The van der Waals surface area contributed by atoms with Crippen molar-refractivity contribution in [1.29, 1.82) is 0 Å². The fourth-order valence-corrected chi connectivity index (χ4v) is 4.87. The highest BCUT2D eigenvalue weighted by Gasteiger charge is 2.41. The van der Waals surface area contributed by atoms with Crippen molar-refractivity contribution < 1.29 is 4.74 Å². The number of pyridine rings is 1. The Balaban J connectivity index is 1.67. The SMILES string of the molecule is Cc1ccc([C@@H]2[C@@H](c3ccccn3)NC(=S)N2C[C@@H]2CCCO2)s1. The number of ether oxygens (including phenoxy) is 1. The Labute approximate surface area is 151 Å². The average molecular weight is 360 g/mol. The minimum atomic E-state index is 0.0816. The Morgan fingerprint density at radius 2 is 2.29 bits per heavy atom. The summed E-state index contributed by atoms with van der Waals surface area (Å²) in [6, 6.07) is 10.7. The van der Waals surface area contributed by atoms with Gasteiger partial charge in [0.25, 0.3) is 0 Å². The van der Waals surface area contributed by atoms with Crippen LogP contribution in [0.15, 0.2) is 36.5 Å². The van der Waals surface area contributed by atoms with Gasteiger partial charge in [-0.25, -0.2) is 0 Å². The molecule has 1 N–H and O–H groups in total. The highest BCUT2D eigenvalue weighted by atomic mass is 32.1. The van der Waals surface area contributed by atoms with Gasteiger partial charge in [-0.1, -0.05) is 6.07 Å². The molecule has 2 aromatic heterocycles. The molecule has 2 aromatic rings. The lowest BCUT2D eigenvalue weighted by Gasteiger charge is -2.28. The van der Waals surface area contributed by atoms with Crippen molar-refractivity contribution in [3.8, 4) is 0 Å². The van der Waals surface area contributed by atoms with Crippen LogP contribution in [0.5, 0.6) is 0 Å². The summed E-state index contributed by atoms with van der Waals surface area (Å²) >= 11 is 7.51. The summed E-state index contributed by atoms with van der Waals surface area (Å²) in [6.07, 6.45) is 4.38. The van der Waals surface area contributed by atoms with Crippen LogP contribution >= 0.6 is 23.6 Å². The third kappa shape index (κ3) is 3.06. The van der Waals surface area contributed by atoms with Crippen LogP contribution in [-0.2, 0) is 4.74 Å². The van der Waals surface area contributed by atoms with Crippen LogP contribution in [0.4, 0.5) is 0 Å². The Bertz CT molecular complexity index is 712. The molecule has 0 aromatic carbocycles. The van der Waals surface area contributed by atoms with E-state index in [0.717, 1.165) is 36.8 Å². The highest BCUT2D eigenvalue weighted by Crippen LogP contribution is 2.41. The van der Waals surface area contributed by atoms with Crippen LogP contribution in [0.1, 0.15) is 40.4 Å². The quantitative estimate of drug-likeness (QED) is 0.844. The molecule has 126 valence electrons. The van der Waals surface area contributed by atoms with E-state index >= 15 is 0 Å². The van der Waals surface area contributed by atoms with E-state index in [1.807, 2.05) is 29.7 Å². The second-order valence-corrected chi connectivity index (χ2v) is 8.07. The summed E-state index contributed by atoms with van der Waals surface area (Å²) in [4.78, 5) is 9.52. The first-order valence-electron chi connectivity index (χ1n) is 8.38. The molecule has 4 heterocycles. The normalized spacial score (nSPS) is 26.8. The maximum Gasteiger partial charge on any atom is 0.170 e. The number of nitrogens with one attached hydrogen (secondary N) is 1. The first-order chi connectivity index (χ1) is 11.7. The topological polar surface area (TPSA) is 37.4 Å². The lowest BCUT2D eigenvalue weighted by molar-refractivity contribution is 0.0846. The maximum absolute atomic E-state index is 5.85. The van der Waals surface area contributed by atoms with Crippen molar-refractivity contribution in [3.63, 3.8) is 0 Å². The van der Waals surface area contributed by atoms with Gasteiger partial charge >= 0.3 is 0 Å². The molecular weight excluding hydrogens is 338 g/mol. The number of nitrogens with zero attached hydrogens (tertiary/aromatic N) is 2. The fraction of sp³-hybridized carbons (Fsp3) is 0.444. The van der Waals surface area contributed by atoms with E-state index in [0.29, 0.717) is 0 Å². The minimum Gasteiger partial charge on any atom is -0.376 e. The molecule has 0 spiro atoms. The molecule has 2 saturated heterocycles. The van der Waals surface area contributed by atoms with Gasteiger partial charge in [-0.2, -0.15) is 0 Å². The van der Waals surface area contributed by atoms with Gasteiger partial charge in [-0.15, -0.1) is 11.3 Å². The number of hydrogen-bond acceptors (Lipinski definition) is 4. The second-order valence-electron chi connectivity index (χ2n) is 6.36. The van der Waals surface area contributed by atoms with Crippen LogP contribution < -0.4 is 5.32 Å². The molecule has 0 amide bonds. The monoisotopic (exact) mass is 359 g/mol. The lowest BCUT2D eigenvalue weighted by atomic mass is 10.0. The van der Waals surface area contributed by atoms with Crippen LogP contribution in [0, 0.1) is 6.92 Å². The zero-order valence-corrected chi connectivity index (χ0v) is 15.3. The molecule has 0 bridgehead atoms. The highest BCUT2D eigenvalue weighted by molar-refractivity contribution is 7.80. The van der Waals surface area contributed by atoms with Crippen molar-refractivity contribution >= 4 is 28.7 Å². The van der Waals surface area contributed by atoms with E-state index in [1.165, 1.54) is 9.75 Å². The summed E-state index contributed by atoms with van der Waals surface area (Å²) in [5, 5.41) is 4.30. The summed E-state index contributed by atoms with van der Waals surface area (Å²) in [5.41, 5.74) is 1.03. The Morgan fingerprint density at radius 3 is 2.96 bits per heavy atom. The van der Waals surface area contributed by atoms with Gasteiger partial charge in [0.1, 0.15) is 0 Å². The van der Waals surface area contributed by atoms with Gasteiger partial charge in [0, 0.05) is 29.1 Å². The fourth-order valence-electron chi connectivity index (χ4n) is 3.53. The molecule has 6 heteroatoms. The molecule has 0 unspecified atom stereocenters. The largest absolute Gasteiger partial charge is 0.376 e. The van der Waals surface area contributed by atoms with E-state index < -0.39 is 0 Å². The van der Waals surface area contributed by atoms with Crippen LogP contribution in [0.25, 0.3) is 0 Å². The Hall–Kier alpha value is -1.50. The van der Waals surface area contributed by atoms with Crippen molar-refractivity contribution in [2.45, 2.75) is 38.0 Å². The molecule has 0 aliphatic carbocycles. The number of aryl methyl sites for hydroxylation is 1. The molecule has 24 heavy (non-hydrogen) atoms. The smallest absolute Gasteiger partial charge is 0.170 e. The number of thiophene rings is 1. The van der Waals surface area contributed by atoms with E-state index in [9.17, 15) is 0 Å². The van der Waals surface area contributed by atoms with E-state index in [2.05, 4.69) is 40.3 Å². The average Bonchev–Trinajstić information content (AvgIpc) is 3.31. The third-order valence-corrected chi connectivity index (χ3v) is 6.10. The molecule has 2 aliphatic rings. The summed E-state index contributed by atoms with van der Waals surface area (Å²) in [5.74, 6) is 0. The molecule has 0 saturated carbocycles. The van der Waals surface area contributed by atoms with Crippen molar-refractivity contribution in [2.24, 2.45) is 0 Å². The van der Waals surface area contributed by atoms with Gasteiger partial charge < -0.3 is 15.0 Å². The first-order valence-corrected chi connectivity index (χ1v) is 9.61. The molecule has 4 rings (SSSR count). The van der Waals surface area contributed by atoms with Gasteiger partial charge in [-0.05, 0) is 56.2 Å². The lowest BCUT2D eigenvalue weighted by Crippen LogP contribution is -2.36. The van der Waals surface area contributed by atoms with Gasteiger partial charge in [0.05, 0.1) is 23.9 Å². The molecule has 3 atom stereocenters. The van der Waals surface area contributed by atoms with E-state index in [4.69, 9.17) is 17.0 Å². The number of aromatic nitrogens is 1. The maximum atomic E-state index is 5.85. The van der Waals surface area contributed by atoms with Crippen molar-refractivity contribution in [3.05, 3.63) is 52.0 Å². The molecule has 0 radical (unpaired) electrons. The van der Waals surface area contributed by atoms with E-state index in [-0.39, 0.29) is 18.2 Å². The minimum absolute atomic E-state index is 0.0816. The van der Waals surface area contributed by atoms with E-state index in [1.54, 1.807) is 0 Å². The zero-order valence-electron chi connectivity index (χ0n) is 13.6. The van der Waals surface area contributed by atoms with Crippen molar-refractivity contribution in [1.82, 2.24) is 15.2 Å². The number of hydrogen-bond donors (Lipinski definition) is 1. The summed E-state index contributed by atoms with van der Waals surface area (Å²) in [7, 11) is 0. The number of rotatable bonds is 4. The van der Waals surface area contributed by atoms with Gasteiger partial charge in [0.2, 0.25) is 0 Å². The van der Waals surface area contributed by atoms with Gasteiger partial charge in [0.15, 0.2) is 5.11 Å². The van der Waals surface area contributed by atoms with Crippen molar-refractivity contribution in [2.75, 3.05) is 13.2 Å².